The van der Waals surface area contributed by atoms with Gasteiger partial charge in [-0.15, -0.1) is 0 Å². The van der Waals surface area contributed by atoms with Crippen LogP contribution in [0.2, 0.25) is 0 Å². The van der Waals surface area contributed by atoms with Crippen LogP contribution in [-0.2, 0) is 0 Å². The van der Waals surface area contributed by atoms with Gasteiger partial charge in [-0.3, -0.25) is 0 Å². The molecule has 0 aliphatic carbocycles. The Kier molecular flexibility index (Phi) is 7.66. The normalized spacial score (nSPS) is 11.6. The highest BCUT2D eigenvalue weighted by Crippen LogP contribution is 2.22. The minimum atomic E-state index is -0.423. The summed E-state index contributed by atoms with van der Waals surface area (Å²) < 4.78 is 17.8. The van der Waals surface area contributed by atoms with E-state index in [2.05, 4.69) is 0 Å². The van der Waals surface area contributed by atoms with Crippen molar-refractivity contribution in [3.63, 3.8) is 0 Å². The van der Waals surface area contributed by atoms with Crippen LogP contribution in [0.5, 0.6) is 17.2 Å². The van der Waals surface area contributed by atoms with Crippen LogP contribution < -0.4 is 31.4 Å². The second kappa shape index (κ2) is 10.9. The van der Waals surface area contributed by atoms with Crippen LogP contribution in [0.3, 0.4) is 0 Å². The number of nitrogen functional groups attached to an aromatic ring is 3. The van der Waals surface area contributed by atoms with Crippen molar-refractivity contribution in [2.24, 2.45) is 0 Å². The Morgan fingerprint density at radius 3 is 1.90 bits per heavy atom. The average molecular weight is 408 g/mol. The molecule has 0 aliphatic heterocycles. The van der Waals surface area contributed by atoms with Gasteiger partial charge in [-0.05, 0) is 79.9 Å². The molecule has 0 aliphatic rings. The number of ether oxygens (including phenoxy) is 3. The standard InChI is InChI=1S/C24H29N3O3/c25-18-8-12-21(13-9-18)28-16-3-1-2-7-24(29-22-14-10-19(26)11-15-22)30-23-6-4-5-20(27)17-23/h4-6,8-15,17,24H,1-3,7,16,25-27H2. The fourth-order valence-corrected chi connectivity index (χ4v) is 2.92. The van der Waals surface area contributed by atoms with Gasteiger partial charge in [-0.1, -0.05) is 6.07 Å². The molecule has 0 fully saturated rings. The molecule has 1 atom stereocenters. The monoisotopic (exact) mass is 407 g/mol. The second-order valence-electron chi connectivity index (χ2n) is 7.07. The molecular formula is C24H29N3O3. The first kappa shape index (κ1) is 21.2. The van der Waals surface area contributed by atoms with E-state index in [1.807, 2.05) is 54.6 Å². The lowest BCUT2D eigenvalue weighted by Crippen LogP contribution is -2.24. The summed E-state index contributed by atoms with van der Waals surface area (Å²) in [7, 11) is 0. The minimum absolute atomic E-state index is 0.423. The molecule has 158 valence electrons. The van der Waals surface area contributed by atoms with Crippen molar-refractivity contribution in [3.8, 4) is 17.2 Å². The van der Waals surface area contributed by atoms with Gasteiger partial charge in [0.25, 0.3) is 0 Å². The number of unbranched alkanes of at least 4 members (excludes halogenated alkanes) is 2. The molecule has 0 amide bonds. The Labute approximate surface area is 177 Å². The molecule has 6 nitrogen and oxygen atoms in total. The summed E-state index contributed by atoms with van der Waals surface area (Å²) >= 11 is 0. The second-order valence-corrected chi connectivity index (χ2v) is 7.07. The van der Waals surface area contributed by atoms with Gasteiger partial charge >= 0.3 is 0 Å². The lowest BCUT2D eigenvalue weighted by Gasteiger charge is -2.21. The molecule has 30 heavy (non-hydrogen) atoms. The number of benzene rings is 3. The summed E-state index contributed by atoms with van der Waals surface area (Å²) in [5.74, 6) is 2.23. The van der Waals surface area contributed by atoms with Gasteiger partial charge in [0.15, 0.2) is 0 Å². The van der Waals surface area contributed by atoms with E-state index >= 15 is 0 Å². The van der Waals surface area contributed by atoms with E-state index < -0.39 is 6.29 Å². The zero-order chi connectivity index (χ0) is 21.2. The topological polar surface area (TPSA) is 106 Å². The van der Waals surface area contributed by atoms with Crippen molar-refractivity contribution in [2.75, 3.05) is 23.8 Å². The first-order chi connectivity index (χ1) is 14.6. The summed E-state index contributed by atoms with van der Waals surface area (Å²) in [6.45, 7) is 0.656. The fourth-order valence-electron chi connectivity index (χ4n) is 2.92. The maximum absolute atomic E-state index is 6.04. The smallest absolute Gasteiger partial charge is 0.241 e. The lowest BCUT2D eigenvalue weighted by molar-refractivity contribution is -0.00252. The molecule has 1 unspecified atom stereocenters. The molecule has 3 aromatic rings. The molecule has 0 radical (unpaired) electrons. The molecule has 0 heterocycles. The first-order valence-electron chi connectivity index (χ1n) is 10.1. The fraction of sp³-hybridized carbons (Fsp3) is 0.250. The van der Waals surface area contributed by atoms with Crippen molar-refractivity contribution >= 4 is 17.1 Å². The predicted molar refractivity (Wildman–Crippen MR) is 122 cm³/mol. The molecule has 0 saturated heterocycles. The SMILES string of the molecule is Nc1ccc(OCCCCCC(Oc2ccc(N)cc2)Oc2cccc(N)c2)cc1. The van der Waals surface area contributed by atoms with Crippen molar-refractivity contribution in [2.45, 2.75) is 32.0 Å². The van der Waals surface area contributed by atoms with Crippen molar-refractivity contribution in [3.05, 3.63) is 72.8 Å². The summed E-state index contributed by atoms with van der Waals surface area (Å²) in [5.41, 5.74) is 19.4. The Bertz CT molecular complexity index is 898. The van der Waals surface area contributed by atoms with Crippen LogP contribution in [-0.4, -0.2) is 12.9 Å². The van der Waals surface area contributed by atoms with Gasteiger partial charge in [0.1, 0.15) is 17.2 Å². The third kappa shape index (κ3) is 7.13. The average Bonchev–Trinajstić information content (AvgIpc) is 2.73. The number of nitrogens with two attached hydrogens (primary N) is 3. The maximum atomic E-state index is 6.04. The minimum Gasteiger partial charge on any atom is -0.494 e. The molecular weight excluding hydrogens is 378 g/mol. The summed E-state index contributed by atoms with van der Waals surface area (Å²) in [5, 5.41) is 0. The van der Waals surface area contributed by atoms with Crippen LogP contribution in [0, 0.1) is 0 Å². The third-order valence-corrected chi connectivity index (χ3v) is 4.51. The van der Waals surface area contributed by atoms with Crippen LogP contribution >= 0.6 is 0 Å². The largest absolute Gasteiger partial charge is 0.494 e. The van der Waals surface area contributed by atoms with Gasteiger partial charge in [0.2, 0.25) is 6.29 Å². The summed E-state index contributed by atoms with van der Waals surface area (Å²) in [6, 6.07) is 22.1. The van der Waals surface area contributed by atoms with E-state index in [1.165, 1.54) is 0 Å². The van der Waals surface area contributed by atoms with Crippen molar-refractivity contribution in [1.82, 2.24) is 0 Å². The molecule has 0 spiro atoms. The zero-order valence-electron chi connectivity index (χ0n) is 17.0. The number of anilines is 3. The maximum Gasteiger partial charge on any atom is 0.241 e. The summed E-state index contributed by atoms with van der Waals surface area (Å²) in [4.78, 5) is 0. The van der Waals surface area contributed by atoms with Crippen molar-refractivity contribution in [1.29, 1.82) is 0 Å². The van der Waals surface area contributed by atoms with E-state index in [9.17, 15) is 0 Å². The highest BCUT2D eigenvalue weighted by molar-refractivity contribution is 5.44. The first-order valence-corrected chi connectivity index (χ1v) is 10.1. The van der Waals surface area contributed by atoms with Gasteiger partial charge in [-0.25, -0.2) is 0 Å². The number of hydrogen-bond acceptors (Lipinski definition) is 6. The predicted octanol–water partition coefficient (Wildman–Crippen LogP) is 4.86. The zero-order valence-corrected chi connectivity index (χ0v) is 17.0. The molecule has 6 heteroatoms. The van der Waals surface area contributed by atoms with E-state index in [1.54, 1.807) is 18.2 Å². The Hall–Kier alpha value is -3.54. The van der Waals surface area contributed by atoms with E-state index in [-0.39, 0.29) is 0 Å². The van der Waals surface area contributed by atoms with Gasteiger partial charge in [0, 0.05) is 29.5 Å². The summed E-state index contributed by atoms with van der Waals surface area (Å²) in [6.07, 6.45) is 3.19. The molecule has 3 aromatic carbocycles. The van der Waals surface area contributed by atoms with Gasteiger partial charge < -0.3 is 31.4 Å². The van der Waals surface area contributed by atoms with Crippen molar-refractivity contribution < 1.29 is 14.2 Å². The Morgan fingerprint density at radius 1 is 0.600 bits per heavy atom. The molecule has 0 aromatic heterocycles. The molecule has 0 bridgehead atoms. The highest BCUT2D eigenvalue weighted by Gasteiger charge is 2.13. The van der Waals surface area contributed by atoms with E-state index in [0.717, 1.165) is 37.1 Å². The quantitative estimate of drug-likeness (QED) is 0.238. The Balaban J connectivity index is 1.47. The lowest BCUT2D eigenvalue weighted by atomic mass is 10.2. The van der Waals surface area contributed by atoms with E-state index in [0.29, 0.717) is 29.5 Å². The van der Waals surface area contributed by atoms with Crippen LogP contribution in [0.1, 0.15) is 25.7 Å². The van der Waals surface area contributed by atoms with Crippen LogP contribution in [0.4, 0.5) is 17.1 Å². The Morgan fingerprint density at radius 2 is 1.23 bits per heavy atom. The van der Waals surface area contributed by atoms with Gasteiger partial charge in [-0.2, -0.15) is 0 Å². The van der Waals surface area contributed by atoms with Crippen LogP contribution in [0.15, 0.2) is 72.8 Å². The molecule has 6 N–H and O–H groups in total. The number of rotatable bonds is 11. The molecule has 0 saturated carbocycles. The third-order valence-electron chi connectivity index (χ3n) is 4.51. The van der Waals surface area contributed by atoms with Gasteiger partial charge in [0.05, 0.1) is 6.61 Å². The van der Waals surface area contributed by atoms with E-state index in [4.69, 9.17) is 31.4 Å². The number of hydrogen-bond donors (Lipinski definition) is 3. The highest BCUT2D eigenvalue weighted by atomic mass is 16.7. The molecule has 3 rings (SSSR count). The van der Waals surface area contributed by atoms with Crippen LogP contribution in [0.25, 0.3) is 0 Å².